The molecular weight excluding hydrogens is 454 g/mol. The monoisotopic (exact) mass is 489 g/mol. The molecule has 2 atom stereocenters. The molecule has 4 heterocycles. The zero-order valence-electron chi connectivity index (χ0n) is 21.4. The Hall–Kier alpha value is -2.76. The summed E-state index contributed by atoms with van der Waals surface area (Å²) in [4.78, 5) is 21.1. The molecular formula is C27H35N7S. The van der Waals surface area contributed by atoms with Crippen molar-refractivity contribution in [3.05, 3.63) is 39.4 Å². The summed E-state index contributed by atoms with van der Waals surface area (Å²) in [6.07, 6.45) is 3.00. The molecule has 0 aromatic carbocycles. The van der Waals surface area contributed by atoms with Crippen molar-refractivity contribution in [1.29, 1.82) is 5.26 Å². The highest BCUT2D eigenvalue weighted by molar-refractivity contribution is 7.16. The number of nitrogens with zero attached hydrogens (tertiary/aromatic N) is 6. The second-order valence-corrected chi connectivity index (χ2v) is 11.9. The summed E-state index contributed by atoms with van der Waals surface area (Å²) in [6, 6.07) is 7.15. The van der Waals surface area contributed by atoms with Crippen molar-refractivity contribution in [3.8, 4) is 6.07 Å². The van der Waals surface area contributed by atoms with Gasteiger partial charge in [0.1, 0.15) is 22.6 Å². The first kappa shape index (κ1) is 24.0. The van der Waals surface area contributed by atoms with E-state index in [1.807, 2.05) is 0 Å². The zero-order chi connectivity index (χ0) is 24.9. The summed E-state index contributed by atoms with van der Waals surface area (Å²) in [5.74, 6) is 2.11. The van der Waals surface area contributed by atoms with Gasteiger partial charge in [0, 0.05) is 36.0 Å². The third-order valence-corrected chi connectivity index (χ3v) is 8.94. The van der Waals surface area contributed by atoms with Crippen LogP contribution in [-0.2, 0) is 11.8 Å². The SMILES string of the molecule is CC(C)c1cc(C2=NCC(C3(C)CCCc4sc(N)c(C#N)c43)=N2)nc(N2CCN(C)CC2C)c1. The van der Waals surface area contributed by atoms with E-state index >= 15 is 0 Å². The predicted molar refractivity (Wildman–Crippen MR) is 145 cm³/mol. The Balaban J connectivity index is 1.52. The van der Waals surface area contributed by atoms with Gasteiger partial charge in [0.25, 0.3) is 0 Å². The first-order chi connectivity index (χ1) is 16.7. The minimum atomic E-state index is -0.317. The van der Waals surface area contributed by atoms with E-state index in [1.54, 1.807) is 11.3 Å². The Morgan fingerprint density at radius 3 is 2.80 bits per heavy atom. The number of fused-ring (bicyclic) bond motifs is 1. The van der Waals surface area contributed by atoms with Gasteiger partial charge in [-0.1, -0.05) is 20.8 Å². The number of amidine groups is 1. The minimum Gasteiger partial charge on any atom is -0.389 e. The second-order valence-electron chi connectivity index (χ2n) is 10.7. The van der Waals surface area contributed by atoms with Gasteiger partial charge in [-0.3, -0.25) is 4.99 Å². The maximum atomic E-state index is 9.83. The Labute approximate surface area is 212 Å². The van der Waals surface area contributed by atoms with Crippen LogP contribution in [-0.4, -0.2) is 60.7 Å². The van der Waals surface area contributed by atoms with Gasteiger partial charge in [0.05, 0.1) is 17.8 Å². The van der Waals surface area contributed by atoms with Crippen LogP contribution in [0.4, 0.5) is 10.8 Å². The molecule has 2 aliphatic heterocycles. The van der Waals surface area contributed by atoms with Crippen LogP contribution in [0.2, 0.25) is 0 Å². The van der Waals surface area contributed by atoms with Crippen LogP contribution < -0.4 is 10.6 Å². The summed E-state index contributed by atoms with van der Waals surface area (Å²) in [7, 11) is 2.18. The van der Waals surface area contributed by atoms with Crippen LogP contribution in [0.25, 0.3) is 0 Å². The molecule has 1 saturated heterocycles. The smallest absolute Gasteiger partial charge is 0.174 e. The Kier molecular flexibility index (Phi) is 6.18. The largest absolute Gasteiger partial charge is 0.389 e. The molecule has 0 amide bonds. The third-order valence-electron chi connectivity index (χ3n) is 7.86. The molecule has 3 aliphatic rings. The molecule has 2 aromatic rings. The first-order valence-corrected chi connectivity index (χ1v) is 13.4. The molecule has 5 rings (SSSR count). The van der Waals surface area contributed by atoms with E-state index in [0.717, 1.165) is 61.7 Å². The maximum absolute atomic E-state index is 9.83. The molecule has 0 saturated carbocycles. The summed E-state index contributed by atoms with van der Waals surface area (Å²) in [5, 5.41) is 10.5. The lowest BCUT2D eigenvalue weighted by atomic mass is 9.69. The van der Waals surface area contributed by atoms with Gasteiger partial charge >= 0.3 is 0 Å². The normalized spacial score (nSPS) is 24.8. The lowest BCUT2D eigenvalue weighted by molar-refractivity contribution is 0.274. The average Bonchev–Trinajstić information content (AvgIpc) is 3.44. The molecule has 1 aliphatic carbocycles. The number of anilines is 2. The highest BCUT2D eigenvalue weighted by Crippen LogP contribution is 2.47. The first-order valence-electron chi connectivity index (χ1n) is 12.6. The van der Waals surface area contributed by atoms with Gasteiger partial charge < -0.3 is 15.5 Å². The van der Waals surface area contributed by atoms with Crippen LogP contribution in [0.3, 0.4) is 0 Å². The number of nitriles is 1. The number of hydrogen-bond acceptors (Lipinski definition) is 8. The number of likely N-dealkylation sites (N-methyl/N-ethyl adjacent to an activating group) is 1. The molecule has 2 aromatic heterocycles. The van der Waals surface area contributed by atoms with Crippen molar-refractivity contribution >= 4 is 33.7 Å². The van der Waals surface area contributed by atoms with Gasteiger partial charge in [-0.2, -0.15) is 5.26 Å². The van der Waals surface area contributed by atoms with E-state index in [2.05, 4.69) is 62.7 Å². The maximum Gasteiger partial charge on any atom is 0.174 e. The predicted octanol–water partition coefficient (Wildman–Crippen LogP) is 4.36. The lowest BCUT2D eigenvalue weighted by Gasteiger charge is -2.39. The van der Waals surface area contributed by atoms with Crippen LogP contribution in [0, 0.1) is 11.3 Å². The van der Waals surface area contributed by atoms with Crippen molar-refractivity contribution in [3.63, 3.8) is 0 Å². The number of nitrogens with two attached hydrogens (primary N) is 1. The van der Waals surface area contributed by atoms with Crippen molar-refractivity contribution in [1.82, 2.24) is 9.88 Å². The highest BCUT2D eigenvalue weighted by Gasteiger charge is 2.42. The summed E-state index contributed by atoms with van der Waals surface area (Å²) in [5.41, 5.74) is 10.8. The molecule has 0 radical (unpaired) electrons. The topological polar surface area (TPSA) is 93.9 Å². The van der Waals surface area contributed by atoms with Gasteiger partial charge in [0.15, 0.2) is 5.84 Å². The molecule has 0 bridgehead atoms. The number of aryl methyl sites for hydroxylation is 1. The molecule has 2 unspecified atom stereocenters. The highest BCUT2D eigenvalue weighted by atomic mass is 32.1. The molecule has 184 valence electrons. The number of rotatable bonds is 4. The fourth-order valence-electron chi connectivity index (χ4n) is 5.78. The van der Waals surface area contributed by atoms with Crippen molar-refractivity contribution in [2.24, 2.45) is 9.98 Å². The molecule has 2 N–H and O–H groups in total. The van der Waals surface area contributed by atoms with E-state index in [1.165, 1.54) is 10.4 Å². The number of hydrogen-bond donors (Lipinski definition) is 1. The summed E-state index contributed by atoms with van der Waals surface area (Å²) < 4.78 is 0. The number of aliphatic imine (C=N–C) groups is 2. The van der Waals surface area contributed by atoms with E-state index < -0.39 is 0 Å². The number of piperazine rings is 1. The Morgan fingerprint density at radius 1 is 1.29 bits per heavy atom. The number of nitrogen functional groups attached to an aromatic ring is 1. The molecule has 7 nitrogen and oxygen atoms in total. The van der Waals surface area contributed by atoms with Crippen LogP contribution in [0.15, 0.2) is 22.1 Å². The Bertz CT molecular complexity index is 1250. The standard InChI is InChI=1S/C27H35N7S/c1-16(2)18-11-20(31-23(12-18)34-10-9-33(5)15-17(34)3)26-30-14-22(32-26)27(4)8-6-7-21-24(27)19(13-28)25(29)35-21/h11-12,16-17H,6-10,14-15,29H2,1-5H3. The fraction of sp³-hybridized carbons (Fsp3) is 0.556. The summed E-state index contributed by atoms with van der Waals surface area (Å²) >= 11 is 1.56. The van der Waals surface area contributed by atoms with Crippen LogP contribution in [0.1, 0.15) is 73.7 Å². The van der Waals surface area contributed by atoms with Gasteiger partial charge in [-0.25, -0.2) is 9.98 Å². The number of pyridine rings is 1. The second kappa shape index (κ2) is 9.03. The minimum absolute atomic E-state index is 0.317. The molecule has 35 heavy (non-hydrogen) atoms. The van der Waals surface area contributed by atoms with Crippen molar-refractivity contribution in [2.45, 2.75) is 64.3 Å². The molecule has 1 fully saturated rings. The van der Waals surface area contributed by atoms with Crippen molar-refractivity contribution < 1.29 is 0 Å². The fourth-order valence-corrected chi connectivity index (χ4v) is 6.97. The zero-order valence-corrected chi connectivity index (χ0v) is 22.2. The quantitative estimate of drug-likeness (QED) is 0.689. The van der Waals surface area contributed by atoms with E-state index in [9.17, 15) is 5.26 Å². The lowest BCUT2D eigenvalue weighted by Crippen LogP contribution is -2.50. The third kappa shape index (κ3) is 4.15. The van der Waals surface area contributed by atoms with E-state index in [4.69, 9.17) is 20.7 Å². The van der Waals surface area contributed by atoms with Gasteiger partial charge in [0.2, 0.25) is 0 Å². The van der Waals surface area contributed by atoms with E-state index in [0.29, 0.717) is 34.9 Å². The number of thiophene rings is 1. The molecule has 8 heteroatoms. The van der Waals surface area contributed by atoms with Crippen molar-refractivity contribution in [2.75, 3.05) is 43.9 Å². The van der Waals surface area contributed by atoms with Gasteiger partial charge in [-0.05, 0) is 62.4 Å². The number of aromatic nitrogens is 1. The van der Waals surface area contributed by atoms with Gasteiger partial charge in [-0.15, -0.1) is 11.3 Å². The van der Waals surface area contributed by atoms with Crippen LogP contribution >= 0.6 is 11.3 Å². The van der Waals surface area contributed by atoms with E-state index in [-0.39, 0.29) is 5.41 Å². The summed E-state index contributed by atoms with van der Waals surface area (Å²) in [6.45, 7) is 12.5. The average molecular weight is 490 g/mol. The molecule has 0 spiro atoms. The Morgan fingerprint density at radius 2 is 2.09 bits per heavy atom. The van der Waals surface area contributed by atoms with Crippen LogP contribution in [0.5, 0.6) is 0 Å².